The van der Waals surface area contributed by atoms with E-state index in [1.54, 1.807) is 27.7 Å². The standard InChI is InChI=1S/C8H14N2O3/c1-7(2)5(6(11)12)9-8(3,4)10(7)13/h13H,1-4H3,(H,11,12)/p-1. The van der Waals surface area contributed by atoms with Gasteiger partial charge in [-0.05, 0) is 27.7 Å². The van der Waals surface area contributed by atoms with Crippen LogP contribution in [0.1, 0.15) is 27.7 Å². The van der Waals surface area contributed by atoms with E-state index in [4.69, 9.17) is 0 Å². The smallest absolute Gasteiger partial charge is 0.131 e. The number of nitrogens with zero attached hydrogens (tertiary/aromatic N) is 2. The maximum Gasteiger partial charge on any atom is 0.131 e. The fourth-order valence-corrected chi connectivity index (χ4v) is 1.54. The second-order valence-corrected chi connectivity index (χ2v) is 4.11. The number of carboxylic acid groups (broad SMARTS) is 1. The van der Waals surface area contributed by atoms with Gasteiger partial charge in [0.2, 0.25) is 0 Å². The molecular formula is C8H13N2O3-. The van der Waals surface area contributed by atoms with Gasteiger partial charge in [-0.2, -0.15) is 5.06 Å². The van der Waals surface area contributed by atoms with E-state index in [1.165, 1.54) is 0 Å². The van der Waals surface area contributed by atoms with Crippen molar-refractivity contribution in [3.63, 3.8) is 0 Å². The van der Waals surface area contributed by atoms with E-state index in [2.05, 4.69) is 4.99 Å². The lowest BCUT2D eigenvalue weighted by molar-refractivity contribution is -0.295. The number of carboxylic acids is 1. The first-order chi connectivity index (χ1) is 5.69. The second kappa shape index (κ2) is 2.52. The molecule has 0 fully saturated rings. The predicted molar refractivity (Wildman–Crippen MR) is 44.2 cm³/mol. The number of hydrogen-bond acceptors (Lipinski definition) is 5. The van der Waals surface area contributed by atoms with E-state index in [0.717, 1.165) is 5.06 Å². The number of rotatable bonds is 1. The van der Waals surface area contributed by atoms with Gasteiger partial charge >= 0.3 is 0 Å². The summed E-state index contributed by atoms with van der Waals surface area (Å²) in [6.07, 6.45) is 0. The Morgan fingerprint density at radius 3 is 2.08 bits per heavy atom. The topological polar surface area (TPSA) is 76.0 Å². The Morgan fingerprint density at radius 2 is 1.92 bits per heavy atom. The van der Waals surface area contributed by atoms with Gasteiger partial charge in [0.25, 0.3) is 0 Å². The highest BCUT2D eigenvalue weighted by Gasteiger charge is 2.47. The van der Waals surface area contributed by atoms with Crippen LogP contribution in [0.2, 0.25) is 0 Å². The highest BCUT2D eigenvalue weighted by molar-refractivity contribution is 6.38. The van der Waals surface area contributed by atoms with Gasteiger partial charge in [0.1, 0.15) is 5.66 Å². The Labute approximate surface area is 76.6 Å². The molecule has 1 N–H and O–H groups in total. The summed E-state index contributed by atoms with van der Waals surface area (Å²) in [4.78, 5) is 14.6. The summed E-state index contributed by atoms with van der Waals surface area (Å²) in [6, 6.07) is 0. The van der Waals surface area contributed by atoms with E-state index >= 15 is 0 Å². The van der Waals surface area contributed by atoms with Crippen molar-refractivity contribution >= 4 is 11.7 Å². The van der Waals surface area contributed by atoms with Crippen molar-refractivity contribution < 1.29 is 15.1 Å². The number of aliphatic imine (C=N–C) groups is 1. The lowest BCUT2D eigenvalue weighted by Crippen LogP contribution is -2.53. The zero-order chi connectivity index (χ0) is 10.4. The second-order valence-electron chi connectivity index (χ2n) is 4.11. The minimum absolute atomic E-state index is 0.125. The van der Waals surface area contributed by atoms with Crippen LogP contribution in [0.15, 0.2) is 4.99 Å². The molecule has 0 atom stereocenters. The molecule has 13 heavy (non-hydrogen) atoms. The fraction of sp³-hybridized carbons (Fsp3) is 0.750. The molecule has 0 spiro atoms. The van der Waals surface area contributed by atoms with Crippen LogP contribution >= 0.6 is 0 Å². The molecule has 0 aromatic carbocycles. The summed E-state index contributed by atoms with van der Waals surface area (Å²) in [5, 5.41) is 21.2. The van der Waals surface area contributed by atoms with Crippen LogP contribution in [0.25, 0.3) is 0 Å². The number of hydrogen-bond donors (Lipinski definition) is 1. The van der Waals surface area contributed by atoms with Crippen molar-refractivity contribution in [3.05, 3.63) is 0 Å². The minimum Gasteiger partial charge on any atom is -0.543 e. The zero-order valence-corrected chi connectivity index (χ0v) is 8.16. The fourth-order valence-electron chi connectivity index (χ4n) is 1.54. The molecule has 5 nitrogen and oxygen atoms in total. The van der Waals surface area contributed by atoms with E-state index < -0.39 is 17.2 Å². The van der Waals surface area contributed by atoms with Gasteiger partial charge < -0.3 is 15.1 Å². The van der Waals surface area contributed by atoms with E-state index in [-0.39, 0.29) is 5.71 Å². The highest BCUT2D eigenvalue weighted by atomic mass is 16.5. The Balaban J connectivity index is 3.17. The third kappa shape index (κ3) is 1.34. The summed E-state index contributed by atoms with van der Waals surface area (Å²) >= 11 is 0. The average molecular weight is 185 g/mol. The monoisotopic (exact) mass is 185 g/mol. The molecule has 1 aliphatic rings. The van der Waals surface area contributed by atoms with Crippen molar-refractivity contribution in [1.29, 1.82) is 0 Å². The number of aliphatic carboxylic acids is 1. The summed E-state index contributed by atoms with van der Waals surface area (Å²) < 4.78 is 0. The predicted octanol–water partition coefficient (Wildman–Crippen LogP) is -0.603. The maximum absolute atomic E-state index is 10.7. The first-order valence-corrected chi connectivity index (χ1v) is 4.00. The van der Waals surface area contributed by atoms with Gasteiger partial charge in [-0.1, -0.05) is 0 Å². The Morgan fingerprint density at radius 1 is 1.46 bits per heavy atom. The van der Waals surface area contributed by atoms with Crippen molar-refractivity contribution in [2.24, 2.45) is 4.99 Å². The quantitative estimate of drug-likeness (QED) is 0.591. The van der Waals surface area contributed by atoms with Gasteiger partial charge in [-0.25, -0.2) is 0 Å². The van der Waals surface area contributed by atoms with E-state index in [9.17, 15) is 15.1 Å². The lowest BCUT2D eigenvalue weighted by atomic mass is 9.99. The molecule has 0 unspecified atom stereocenters. The van der Waals surface area contributed by atoms with Gasteiger partial charge in [0, 0.05) is 0 Å². The molecule has 0 radical (unpaired) electrons. The molecule has 0 saturated heterocycles. The molecular weight excluding hydrogens is 172 g/mol. The third-order valence-electron chi connectivity index (χ3n) is 2.21. The molecule has 0 aliphatic carbocycles. The number of carbonyl (C=O) groups is 1. The first kappa shape index (κ1) is 10.1. The SMILES string of the molecule is CC1(C)N=C(C(=O)[O-])C(C)(C)N1O. The van der Waals surface area contributed by atoms with Crippen molar-refractivity contribution in [2.45, 2.75) is 38.9 Å². The van der Waals surface area contributed by atoms with Gasteiger partial charge in [-0.15, -0.1) is 0 Å². The maximum atomic E-state index is 10.7. The number of carbonyl (C=O) groups excluding carboxylic acids is 1. The minimum atomic E-state index is -1.34. The molecule has 0 amide bonds. The van der Waals surface area contributed by atoms with Crippen LogP contribution in [-0.4, -0.2) is 33.2 Å². The molecule has 0 aromatic rings. The van der Waals surface area contributed by atoms with Crippen molar-refractivity contribution in [2.75, 3.05) is 0 Å². The van der Waals surface area contributed by atoms with Gasteiger partial charge in [-0.3, -0.25) is 4.99 Å². The average Bonchev–Trinajstić information content (AvgIpc) is 2.11. The molecule has 5 heteroatoms. The van der Waals surface area contributed by atoms with Crippen LogP contribution in [0.4, 0.5) is 0 Å². The highest BCUT2D eigenvalue weighted by Crippen LogP contribution is 2.32. The summed E-state index contributed by atoms with van der Waals surface area (Å²) in [5.41, 5.74) is -2.03. The Hall–Kier alpha value is -0.940. The molecule has 0 saturated carbocycles. The normalized spacial score (nSPS) is 25.8. The van der Waals surface area contributed by atoms with Crippen molar-refractivity contribution in [3.8, 4) is 0 Å². The Bertz CT molecular complexity index is 281. The summed E-state index contributed by atoms with van der Waals surface area (Å²) in [6.45, 7) is 6.42. The molecule has 1 heterocycles. The molecule has 74 valence electrons. The van der Waals surface area contributed by atoms with Crippen LogP contribution in [0.5, 0.6) is 0 Å². The Kier molecular flexibility index (Phi) is 1.97. The summed E-state index contributed by atoms with van der Waals surface area (Å²) in [5.74, 6) is -1.34. The lowest BCUT2D eigenvalue weighted by Gasteiger charge is -2.33. The summed E-state index contributed by atoms with van der Waals surface area (Å²) in [7, 11) is 0. The van der Waals surface area contributed by atoms with E-state index in [1.807, 2.05) is 0 Å². The first-order valence-electron chi connectivity index (χ1n) is 4.00. The largest absolute Gasteiger partial charge is 0.543 e. The van der Waals surface area contributed by atoms with Crippen LogP contribution < -0.4 is 5.11 Å². The number of hydroxylamine groups is 2. The molecule has 0 aromatic heterocycles. The van der Waals surface area contributed by atoms with Crippen LogP contribution in [0, 0.1) is 0 Å². The van der Waals surface area contributed by atoms with Crippen LogP contribution in [0.3, 0.4) is 0 Å². The van der Waals surface area contributed by atoms with Gasteiger partial charge in [0.05, 0.1) is 17.2 Å². The van der Waals surface area contributed by atoms with Crippen molar-refractivity contribution in [1.82, 2.24) is 5.06 Å². The molecule has 1 aliphatic heterocycles. The molecule has 1 rings (SSSR count). The van der Waals surface area contributed by atoms with Crippen LogP contribution in [-0.2, 0) is 4.79 Å². The zero-order valence-electron chi connectivity index (χ0n) is 8.16. The molecule has 0 bridgehead atoms. The van der Waals surface area contributed by atoms with E-state index in [0.29, 0.717) is 0 Å². The third-order valence-corrected chi connectivity index (χ3v) is 2.21. The van der Waals surface area contributed by atoms with Gasteiger partial charge in [0.15, 0.2) is 0 Å².